The average molecular weight is 424 g/mol. The number of ether oxygens (including phenoxy) is 2. The number of hydrogen-bond acceptors (Lipinski definition) is 7. The van der Waals surface area contributed by atoms with Crippen LogP contribution in [-0.2, 0) is 37.0 Å². The van der Waals surface area contributed by atoms with E-state index in [2.05, 4.69) is 29.2 Å². The normalized spacial score (nSPS) is 25.4. The maximum Gasteiger partial charge on any atom is 0.338 e. The largest absolute Gasteiger partial charge is 0.469 e. The maximum absolute atomic E-state index is 12.7. The Hall–Kier alpha value is -2.74. The Morgan fingerprint density at radius 3 is 2.00 bits per heavy atom. The Bertz CT molecular complexity index is 850. The van der Waals surface area contributed by atoms with Gasteiger partial charge >= 0.3 is 11.9 Å². The lowest BCUT2D eigenvalue weighted by Crippen LogP contribution is -2.49. The molecule has 0 aromatic heterocycles. The average Bonchev–Trinajstić information content (AvgIpc) is 3.38. The minimum absolute atomic E-state index is 0.0131. The summed E-state index contributed by atoms with van der Waals surface area (Å²) >= 11 is 0. The van der Waals surface area contributed by atoms with E-state index in [0.29, 0.717) is 6.54 Å². The number of hydrogen-bond donors (Lipinski definition) is 0. The van der Waals surface area contributed by atoms with Gasteiger partial charge in [-0.25, -0.2) is 4.79 Å². The monoisotopic (exact) mass is 424 g/mol. The van der Waals surface area contributed by atoms with Gasteiger partial charge in [-0.3, -0.25) is 14.5 Å². The van der Waals surface area contributed by atoms with Crippen molar-refractivity contribution in [3.8, 4) is 0 Å². The van der Waals surface area contributed by atoms with Gasteiger partial charge in [0.15, 0.2) is 6.10 Å². The molecule has 0 spiro atoms. The SMILES string of the molecule is COC(=O)[C@H]1[C@@H]2[C@@H](N(Cc3ccccc3)Cc3ccccc3)CCN2O[C@H]1C(=O)OC. The van der Waals surface area contributed by atoms with Gasteiger partial charge in [-0.05, 0) is 17.5 Å². The maximum atomic E-state index is 12.7. The third kappa shape index (κ3) is 4.49. The molecule has 4 atom stereocenters. The lowest BCUT2D eigenvalue weighted by Gasteiger charge is -2.34. The van der Waals surface area contributed by atoms with Gasteiger partial charge in [0.25, 0.3) is 0 Å². The number of carbonyl (C=O) groups excluding carboxylic acids is 2. The number of carbonyl (C=O) groups is 2. The summed E-state index contributed by atoms with van der Waals surface area (Å²) in [4.78, 5) is 33.3. The number of methoxy groups -OCH3 is 2. The molecule has 0 amide bonds. The molecule has 31 heavy (non-hydrogen) atoms. The van der Waals surface area contributed by atoms with E-state index in [0.717, 1.165) is 19.5 Å². The molecule has 164 valence electrons. The summed E-state index contributed by atoms with van der Waals surface area (Å²) in [6.45, 7) is 2.08. The summed E-state index contributed by atoms with van der Waals surface area (Å²) in [6, 6.07) is 20.2. The molecule has 2 fully saturated rings. The van der Waals surface area contributed by atoms with Crippen molar-refractivity contribution in [1.29, 1.82) is 0 Å². The molecule has 4 rings (SSSR count). The van der Waals surface area contributed by atoms with Gasteiger partial charge in [-0.15, -0.1) is 0 Å². The molecule has 2 aliphatic rings. The number of rotatable bonds is 7. The molecular formula is C24H28N2O5. The second-order valence-electron chi connectivity index (χ2n) is 7.96. The molecule has 0 saturated carbocycles. The van der Waals surface area contributed by atoms with Crippen LogP contribution < -0.4 is 0 Å². The van der Waals surface area contributed by atoms with Crippen molar-refractivity contribution in [2.45, 2.75) is 37.7 Å². The predicted octanol–water partition coefficient (Wildman–Crippen LogP) is 2.41. The lowest BCUT2D eigenvalue weighted by atomic mass is 9.89. The van der Waals surface area contributed by atoms with Crippen LogP contribution in [0.4, 0.5) is 0 Å². The summed E-state index contributed by atoms with van der Waals surface area (Å²) in [5.41, 5.74) is 2.38. The van der Waals surface area contributed by atoms with Crippen LogP contribution in [0.5, 0.6) is 0 Å². The Balaban J connectivity index is 1.65. The molecule has 2 aliphatic heterocycles. The summed E-state index contributed by atoms with van der Waals surface area (Å²) in [5, 5.41) is 1.77. The zero-order valence-electron chi connectivity index (χ0n) is 17.8. The van der Waals surface area contributed by atoms with Crippen LogP contribution in [0, 0.1) is 5.92 Å². The van der Waals surface area contributed by atoms with Crippen LogP contribution >= 0.6 is 0 Å². The molecule has 2 aromatic rings. The Morgan fingerprint density at radius 2 is 1.48 bits per heavy atom. The van der Waals surface area contributed by atoms with Crippen molar-refractivity contribution in [1.82, 2.24) is 9.96 Å². The van der Waals surface area contributed by atoms with Crippen molar-refractivity contribution in [2.24, 2.45) is 5.92 Å². The third-order valence-electron chi connectivity index (χ3n) is 6.15. The fraction of sp³-hybridized carbons (Fsp3) is 0.417. The predicted molar refractivity (Wildman–Crippen MR) is 113 cm³/mol. The van der Waals surface area contributed by atoms with Gasteiger partial charge in [-0.2, -0.15) is 5.06 Å². The fourth-order valence-electron chi connectivity index (χ4n) is 4.73. The van der Waals surface area contributed by atoms with Crippen LogP contribution in [-0.4, -0.2) is 60.9 Å². The second kappa shape index (κ2) is 9.60. The van der Waals surface area contributed by atoms with E-state index in [4.69, 9.17) is 14.3 Å². The van der Waals surface area contributed by atoms with E-state index >= 15 is 0 Å². The highest BCUT2D eigenvalue weighted by Crippen LogP contribution is 2.39. The minimum atomic E-state index is -0.986. The van der Waals surface area contributed by atoms with Crippen LogP contribution in [0.1, 0.15) is 17.5 Å². The Labute approximate surface area is 182 Å². The van der Waals surface area contributed by atoms with E-state index in [1.54, 1.807) is 5.06 Å². The first kappa shape index (κ1) is 21.5. The Morgan fingerprint density at radius 1 is 0.935 bits per heavy atom. The van der Waals surface area contributed by atoms with E-state index in [1.807, 2.05) is 36.4 Å². The molecule has 0 unspecified atom stereocenters. The standard InChI is InChI=1S/C24H28N2O5/c1-29-23(27)20-21-19(13-14-26(21)31-22(20)24(28)30-2)25(15-17-9-5-3-6-10-17)16-18-11-7-4-8-12-18/h3-12,19-22H,13-16H2,1-2H3/t19-,20-,21-,22+/m0/s1. The molecule has 7 nitrogen and oxygen atoms in total. The molecule has 0 bridgehead atoms. The van der Waals surface area contributed by atoms with E-state index in [9.17, 15) is 9.59 Å². The van der Waals surface area contributed by atoms with Crippen molar-refractivity contribution < 1.29 is 23.9 Å². The number of hydroxylamine groups is 2. The van der Waals surface area contributed by atoms with Crippen LogP contribution in [0.3, 0.4) is 0 Å². The lowest BCUT2D eigenvalue weighted by molar-refractivity contribution is -0.184. The summed E-state index contributed by atoms with van der Waals surface area (Å²) in [5.74, 6) is -1.74. The molecule has 0 radical (unpaired) electrons. The van der Waals surface area contributed by atoms with Gasteiger partial charge in [-0.1, -0.05) is 60.7 Å². The summed E-state index contributed by atoms with van der Waals surface area (Å²) in [7, 11) is 2.65. The van der Waals surface area contributed by atoms with Crippen molar-refractivity contribution in [3.63, 3.8) is 0 Å². The Kier molecular flexibility index (Phi) is 6.65. The summed E-state index contributed by atoms with van der Waals surface area (Å²) < 4.78 is 9.96. The van der Waals surface area contributed by atoms with Gasteiger partial charge in [0.05, 0.1) is 20.3 Å². The first-order chi connectivity index (χ1) is 15.1. The molecule has 2 saturated heterocycles. The number of fused-ring (bicyclic) bond motifs is 1. The van der Waals surface area contributed by atoms with Gasteiger partial charge < -0.3 is 9.47 Å². The fourth-order valence-corrected chi connectivity index (χ4v) is 4.73. The molecule has 0 aliphatic carbocycles. The van der Waals surface area contributed by atoms with Gasteiger partial charge in [0.2, 0.25) is 0 Å². The van der Waals surface area contributed by atoms with Gasteiger partial charge in [0.1, 0.15) is 5.92 Å². The van der Waals surface area contributed by atoms with Gasteiger partial charge in [0, 0.05) is 25.7 Å². The van der Waals surface area contributed by atoms with Crippen LogP contribution in [0.2, 0.25) is 0 Å². The van der Waals surface area contributed by atoms with E-state index in [1.165, 1.54) is 25.3 Å². The molecule has 2 heterocycles. The zero-order valence-corrected chi connectivity index (χ0v) is 17.8. The number of benzene rings is 2. The smallest absolute Gasteiger partial charge is 0.338 e. The second-order valence-corrected chi connectivity index (χ2v) is 7.96. The topological polar surface area (TPSA) is 68.3 Å². The van der Waals surface area contributed by atoms with E-state index < -0.39 is 24.0 Å². The van der Waals surface area contributed by atoms with Crippen molar-refractivity contribution in [2.75, 3.05) is 20.8 Å². The first-order valence-electron chi connectivity index (χ1n) is 10.5. The van der Waals surface area contributed by atoms with Crippen molar-refractivity contribution in [3.05, 3.63) is 71.8 Å². The van der Waals surface area contributed by atoms with Crippen LogP contribution in [0.25, 0.3) is 0 Å². The molecular weight excluding hydrogens is 396 g/mol. The van der Waals surface area contributed by atoms with E-state index in [-0.39, 0.29) is 12.1 Å². The highest BCUT2D eigenvalue weighted by atomic mass is 16.7. The minimum Gasteiger partial charge on any atom is -0.469 e. The molecule has 0 N–H and O–H groups in total. The quantitative estimate of drug-likeness (QED) is 0.632. The highest BCUT2D eigenvalue weighted by Gasteiger charge is 2.58. The number of nitrogens with zero attached hydrogens (tertiary/aromatic N) is 2. The molecule has 2 aromatic carbocycles. The zero-order chi connectivity index (χ0) is 21.8. The number of esters is 2. The van der Waals surface area contributed by atoms with Crippen molar-refractivity contribution >= 4 is 11.9 Å². The third-order valence-corrected chi connectivity index (χ3v) is 6.15. The molecule has 7 heteroatoms. The summed E-state index contributed by atoms with van der Waals surface area (Å²) in [6.07, 6.45) is -0.160. The first-order valence-corrected chi connectivity index (χ1v) is 10.5. The highest BCUT2D eigenvalue weighted by molar-refractivity contribution is 5.85. The van der Waals surface area contributed by atoms with Crippen LogP contribution in [0.15, 0.2) is 60.7 Å².